The van der Waals surface area contributed by atoms with Crippen LogP contribution >= 0.6 is 23.1 Å². The van der Waals surface area contributed by atoms with E-state index in [1.165, 1.54) is 16.7 Å². The Kier molecular flexibility index (Phi) is 8.19. The minimum Gasteiger partial charge on any atom is -0.497 e. The van der Waals surface area contributed by atoms with Crippen molar-refractivity contribution < 1.29 is 28.6 Å². The number of anilines is 2. The second-order valence-corrected chi connectivity index (χ2v) is 12.5. The van der Waals surface area contributed by atoms with Gasteiger partial charge in [-0.05, 0) is 67.9 Å². The molecular weight excluding hydrogens is 603 g/mol. The number of nitrogens with zero attached hydrogens (tertiary/aromatic N) is 1. The minimum atomic E-state index is -0.755. The van der Waals surface area contributed by atoms with Crippen LogP contribution in [0, 0.1) is 12.8 Å². The Balaban J connectivity index is 1.30. The SMILES string of the molecule is CCOc1cc(C2c3sc(=O)[nH]c3SC3C(=O)N(c4ccc(OC)cc4)C(=O)C32)ccc1OCC(=O)Nc1ccc(C)cc1. The Bertz CT molecular complexity index is 1780. The van der Waals surface area contributed by atoms with Crippen molar-refractivity contribution in [3.8, 4) is 17.2 Å². The molecular formula is C32H29N3O7S2. The Morgan fingerprint density at radius 3 is 2.41 bits per heavy atom. The lowest BCUT2D eigenvalue weighted by Gasteiger charge is -2.30. The molecule has 0 spiro atoms. The van der Waals surface area contributed by atoms with Gasteiger partial charge in [0.25, 0.3) is 5.91 Å². The van der Waals surface area contributed by atoms with Crippen molar-refractivity contribution >= 4 is 52.2 Å². The standard InChI is InChI=1S/C32H29N3O7S2/c1-4-41-23-15-18(7-14-22(23)42-16-24(36)33-19-8-5-17(2)6-9-19)25-26-28(43-29-27(25)44-32(39)34-29)31(38)35(30(26)37)20-10-12-21(40-3)13-11-20/h5-15,25-26,28H,4,16H2,1-3H3,(H,33,36)(H,34,39). The zero-order chi connectivity index (χ0) is 31.0. The van der Waals surface area contributed by atoms with Crippen molar-refractivity contribution in [2.45, 2.75) is 30.0 Å². The fraction of sp³-hybridized carbons (Fsp3) is 0.250. The summed E-state index contributed by atoms with van der Waals surface area (Å²) >= 11 is 2.24. The maximum atomic E-state index is 14.0. The van der Waals surface area contributed by atoms with Crippen LogP contribution in [0.3, 0.4) is 0 Å². The molecule has 2 aliphatic rings. The number of benzene rings is 3. The number of carbonyl (C=O) groups is 3. The molecule has 1 saturated heterocycles. The highest BCUT2D eigenvalue weighted by Crippen LogP contribution is 2.53. The number of aromatic nitrogens is 1. The van der Waals surface area contributed by atoms with E-state index in [0.29, 0.717) is 50.7 Å². The number of methoxy groups -OCH3 is 1. The van der Waals surface area contributed by atoms with Crippen molar-refractivity contribution in [3.05, 3.63) is 92.4 Å². The summed E-state index contributed by atoms with van der Waals surface area (Å²) in [6.45, 7) is 3.88. The van der Waals surface area contributed by atoms with Crippen molar-refractivity contribution in [1.29, 1.82) is 0 Å². The molecule has 2 N–H and O–H groups in total. The Hall–Kier alpha value is -4.55. The highest BCUT2D eigenvalue weighted by Gasteiger charge is 2.56. The molecule has 3 heterocycles. The largest absolute Gasteiger partial charge is 0.497 e. The smallest absolute Gasteiger partial charge is 0.305 e. The predicted molar refractivity (Wildman–Crippen MR) is 168 cm³/mol. The number of hydrogen-bond acceptors (Lipinski definition) is 9. The number of nitrogens with one attached hydrogen (secondary N) is 2. The number of fused-ring (bicyclic) bond motifs is 2. The molecule has 12 heteroatoms. The highest BCUT2D eigenvalue weighted by atomic mass is 32.2. The third-order valence-electron chi connectivity index (χ3n) is 7.48. The van der Waals surface area contributed by atoms with E-state index in [4.69, 9.17) is 14.2 Å². The Morgan fingerprint density at radius 1 is 0.955 bits per heavy atom. The number of aromatic amines is 1. The quantitative estimate of drug-likeness (QED) is 0.248. The molecule has 3 atom stereocenters. The van der Waals surface area contributed by atoms with Gasteiger partial charge < -0.3 is 24.5 Å². The number of aryl methyl sites for hydroxylation is 1. The lowest BCUT2D eigenvalue weighted by molar-refractivity contribution is -0.122. The summed E-state index contributed by atoms with van der Waals surface area (Å²) in [5.74, 6) is -1.02. The topological polar surface area (TPSA) is 127 Å². The normalized spacial score (nSPS) is 18.9. The molecule has 44 heavy (non-hydrogen) atoms. The van der Waals surface area contributed by atoms with Gasteiger partial charge in [0.05, 0.1) is 30.3 Å². The van der Waals surface area contributed by atoms with E-state index in [9.17, 15) is 19.2 Å². The third-order valence-corrected chi connectivity index (χ3v) is 9.88. The van der Waals surface area contributed by atoms with Crippen LogP contribution in [0.2, 0.25) is 0 Å². The average Bonchev–Trinajstić information content (AvgIpc) is 3.51. The molecule has 226 valence electrons. The van der Waals surface area contributed by atoms with Gasteiger partial charge in [-0.15, -0.1) is 0 Å². The van der Waals surface area contributed by atoms with E-state index in [-0.39, 0.29) is 29.2 Å². The van der Waals surface area contributed by atoms with Gasteiger partial charge in [0.1, 0.15) is 11.0 Å². The van der Waals surface area contributed by atoms with Crippen molar-refractivity contribution in [2.24, 2.45) is 5.92 Å². The van der Waals surface area contributed by atoms with Gasteiger partial charge in [0, 0.05) is 16.5 Å². The van der Waals surface area contributed by atoms with Crippen LogP contribution in [0.4, 0.5) is 11.4 Å². The van der Waals surface area contributed by atoms with Crippen LogP contribution in [0.15, 0.2) is 76.6 Å². The zero-order valence-electron chi connectivity index (χ0n) is 24.1. The first-order valence-electron chi connectivity index (χ1n) is 13.9. The number of hydrogen-bond donors (Lipinski definition) is 2. The molecule has 0 aliphatic carbocycles. The summed E-state index contributed by atoms with van der Waals surface area (Å²) in [5, 5.41) is 2.65. The summed E-state index contributed by atoms with van der Waals surface area (Å²) in [6, 6.07) is 19.4. The fourth-order valence-corrected chi connectivity index (χ4v) is 7.96. The average molecular weight is 632 g/mol. The fourth-order valence-electron chi connectivity index (χ4n) is 5.44. The van der Waals surface area contributed by atoms with Crippen LogP contribution in [-0.2, 0) is 14.4 Å². The first kappa shape index (κ1) is 29.5. The molecule has 3 aromatic carbocycles. The first-order chi connectivity index (χ1) is 21.3. The van der Waals surface area contributed by atoms with Gasteiger partial charge in [-0.1, -0.05) is 46.9 Å². The first-order valence-corrected chi connectivity index (χ1v) is 15.6. The van der Waals surface area contributed by atoms with Crippen LogP contribution in [-0.4, -0.2) is 48.3 Å². The minimum absolute atomic E-state index is 0.245. The summed E-state index contributed by atoms with van der Waals surface area (Å²) in [6.07, 6.45) is 0. The zero-order valence-corrected chi connectivity index (χ0v) is 25.8. The summed E-state index contributed by atoms with van der Waals surface area (Å²) < 4.78 is 17.0. The van der Waals surface area contributed by atoms with E-state index >= 15 is 0 Å². The number of rotatable bonds is 9. The predicted octanol–water partition coefficient (Wildman–Crippen LogP) is 4.97. The third kappa shape index (κ3) is 5.58. The van der Waals surface area contributed by atoms with E-state index in [1.807, 2.05) is 38.1 Å². The maximum Gasteiger partial charge on any atom is 0.305 e. The highest BCUT2D eigenvalue weighted by molar-refractivity contribution is 8.00. The van der Waals surface area contributed by atoms with Crippen LogP contribution < -0.4 is 29.3 Å². The summed E-state index contributed by atoms with van der Waals surface area (Å²) in [5.41, 5.74) is 2.89. The maximum absolute atomic E-state index is 14.0. The van der Waals surface area contributed by atoms with Gasteiger partial charge in [0.15, 0.2) is 18.1 Å². The molecule has 3 amide bonds. The second kappa shape index (κ2) is 12.2. The Labute approximate surface area is 261 Å². The lowest BCUT2D eigenvalue weighted by Crippen LogP contribution is -2.32. The lowest BCUT2D eigenvalue weighted by atomic mass is 9.83. The van der Waals surface area contributed by atoms with Crippen molar-refractivity contribution in [3.63, 3.8) is 0 Å². The molecule has 0 radical (unpaired) electrons. The summed E-state index contributed by atoms with van der Waals surface area (Å²) in [7, 11) is 1.54. The van der Waals surface area contributed by atoms with E-state index in [2.05, 4.69) is 10.3 Å². The second-order valence-electron chi connectivity index (χ2n) is 10.3. The molecule has 0 saturated carbocycles. The van der Waals surface area contributed by atoms with Crippen LogP contribution in [0.5, 0.6) is 17.2 Å². The van der Waals surface area contributed by atoms with Gasteiger partial charge in [-0.2, -0.15) is 0 Å². The van der Waals surface area contributed by atoms with Gasteiger partial charge in [0.2, 0.25) is 11.8 Å². The number of amides is 3. The monoisotopic (exact) mass is 631 g/mol. The van der Waals surface area contributed by atoms with E-state index in [1.54, 1.807) is 49.6 Å². The molecule has 10 nitrogen and oxygen atoms in total. The molecule has 6 rings (SSSR count). The number of thiazole rings is 1. The molecule has 0 bridgehead atoms. The number of carbonyl (C=O) groups excluding carboxylic acids is 3. The number of H-pyrrole nitrogens is 1. The molecule has 2 aliphatic heterocycles. The molecule has 1 aromatic heterocycles. The number of thioether (sulfide) groups is 1. The number of imide groups is 1. The van der Waals surface area contributed by atoms with Crippen molar-refractivity contribution in [2.75, 3.05) is 30.5 Å². The van der Waals surface area contributed by atoms with Gasteiger partial charge in [-0.25, -0.2) is 4.90 Å². The van der Waals surface area contributed by atoms with E-state index in [0.717, 1.165) is 16.9 Å². The molecule has 3 unspecified atom stereocenters. The van der Waals surface area contributed by atoms with Crippen LogP contribution in [0.1, 0.15) is 28.8 Å². The van der Waals surface area contributed by atoms with Crippen LogP contribution in [0.25, 0.3) is 0 Å². The summed E-state index contributed by atoms with van der Waals surface area (Å²) in [4.78, 5) is 57.2. The van der Waals surface area contributed by atoms with Gasteiger partial charge >= 0.3 is 4.87 Å². The molecule has 4 aromatic rings. The number of ether oxygens (including phenoxy) is 3. The van der Waals surface area contributed by atoms with Crippen molar-refractivity contribution in [1.82, 2.24) is 4.98 Å². The molecule has 1 fully saturated rings. The van der Waals surface area contributed by atoms with E-state index < -0.39 is 17.1 Å². The van der Waals surface area contributed by atoms with Gasteiger partial charge in [-0.3, -0.25) is 19.2 Å². The Morgan fingerprint density at radius 2 is 1.70 bits per heavy atom.